The maximum atomic E-state index is 14.2. The van der Waals surface area contributed by atoms with Gasteiger partial charge in [-0.3, -0.25) is 38.1 Å². The van der Waals surface area contributed by atoms with Crippen LogP contribution in [0.1, 0.15) is 152 Å². The Labute approximate surface area is 678 Å². The van der Waals surface area contributed by atoms with Crippen LogP contribution in [0.2, 0.25) is 0 Å². The van der Waals surface area contributed by atoms with Gasteiger partial charge in [-0.2, -0.15) is 0 Å². The molecule has 8 atom stereocenters. The Kier molecular flexibility index (Phi) is 32.2. The second-order valence-corrected chi connectivity index (χ2v) is 31.6. The van der Waals surface area contributed by atoms with E-state index in [1.54, 1.807) is 65.8 Å². The Morgan fingerprint density at radius 1 is 0.617 bits per heavy atom. The Bertz CT molecular complexity index is 4600. The van der Waals surface area contributed by atoms with E-state index in [1.165, 1.54) is 35.2 Å². The summed E-state index contributed by atoms with van der Waals surface area (Å²) in [7, 11) is 8.51. The molecule has 5 aliphatic rings. The number of hydrogen-bond acceptors (Lipinski definition) is 18. The van der Waals surface area contributed by atoms with Crippen molar-refractivity contribution < 1.29 is 52.1 Å². The van der Waals surface area contributed by atoms with Crippen molar-refractivity contribution in [2.45, 2.75) is 191 Å². The largest absolute Gasteiger partial charge is 0.496 e. The highest BCUT2D eigenvalue weighted by Gasteiger charge is 2.42. The highest BCUT2D eigenvalue weighted by molar-refractivity contribution is 7.10. The highest BCUT2D eigenvalue weighted by Crippen LogP contribution is 2.41. The van der Waals surface area contributed by atoms with E-state index in [2.05, 4.69) is 77.2 Å². The molecule has 13 rings (SSSR count). The van der Waals surface area contributed by atoms with Crippen LogP contribution in [0.5, 0.6) is 5.75 Å². The third-order valence-corrected chi connectivity index (χ3v) is 24.2. The molecule has 3 aliphatic carbocycles. The normalized spacial score (nSPS) is 18.4. The number of nitrogens with one attached hydrogen (secondary N) is 8. The summed E-state index contributed by atoms with van der Waals surface area (Å²) in [5.74, 6) is 0.445. The molecule has 0 bridgehead atoms. The maximum absolute atomic E-state index is 14.2. The molecule has 2 saturated carbocycles. The quantitative estimate of drug-likeness (QED) is 0.0182. The smallest absolute Gasteiger partial charge is 0.278 e. The Morgan fingerprint density at radius 3 is 1.91 bits per heavy atom. The van der Waals surface area contributed by atoms with E-state index in [9.17, 15) is 38.0 Å². The lowest BCUT2D eigenvalue weighted by Crippen LogP contribution is -2.57. The number of fused-ring (bicyclic) bond motifs is 3. The summed E-state index contributed by atoms with van der Waals surface area (Å²) >= 11 is 1.62. The second kappa shape index (κ2) is 42.9. The van der Waals surface area contributed by atoms with Crippen LogP contribution in [0, 0.1) is 17.7 Å². The van der Waals surface area contributed by atoms with Crippen molar-refractivity contribution in [3.8, 4) is 28.4 Å². The number of halogens is 1. The van der Waals surface area contributed by atoms with Crippen molar-refractivity contribution in [3.05, 3.63) is 159 Å². The van der Waals surface area contributed by atoms with Crippen molar-refractivity contribution in [2.75, 3.05) is 98.7 Å². The van der Waals surface area contributed by atoms with E-state index in [1.807, 2.05) is 101 Å². The fourth-order valence-electron chi connectivity index (χ4n) is 16.4. The molecule has 3 aromatic heterocycles. The van der Waals surface area contributed by atoms with Crippen LogP contribution in [0.15, 0.2) is 132 Å². The zero-order valence-electron chi connectivity index (χ0n) is 67.9. The van der Waals surface area contributed by atoms with Crippen molar-refractivity contribution in [1.29, 1.82) is 0 Å². The molecular formula is C88H117FN14O11S. The number of aromatic nitrogens is 4. The van der Waals surface area contributed by atoms with Crippen LogP contribution < -0.4 is 52.8 Å². The van der Waals surface area contributed by atoms with Crippen LogP contribution in [0.3, 0.4) is 0 Å². The third kappa shape index (κ3) is 22.4. The molecule has 8 N–H and O–H groups in total. The SMILES string of the molecule is CN[C@@H](C)C(=O)N[C@H](C(=O)N1CCC[C@H]1CNc1cn(CCOCCOCCOC)c2cc(F)ccc12)C1CCCCC1.CN[C@@H](C)C(=O)N[C@H](C(=O)N1CCC[C@H]1c1nc(-c2ccc(OC)c3ccccc23)cs1)C1CCCCC1.CN[C@@H](C)C(=O)Nc1cnc(-c2ccccc2)n(CC(=O)NC2CCCc3ccccc32)c1=O. The van der Waals surface area contributed by atoms with Crippen LogP contribution >= 0.6 is 11.3 Å². The zero-order valence-corrected chi connectivity index (χ0v) is 68.8. The number of aryl methyl sites for hydroxylation is 1. The number of carbonyl (C=O) groups is 6. The van der Waals surface area contributed by atoms with Crippen molar-refractivity contribution in [1.82, 2.24) is 60.8 Å². The summed E-state index contributed by atoms with van der Waals surface area (Å²) in [6, 6.07) is 32.1. The van der Waals surface area contributed by atoms with Crippen LogP contribution in [0.4, 0.5) is 15.8 Å². The van der Waals surface area contributed by atoms with Crippen molar-refractivity contribution >= 4 is 79.8 Å². The monoisotopic (exact) mass is 1600 g/mol. The van der Waals surface area contributed by atoms with Gasteiger partial charge < -0.3 is 75.8 Å². The van der Waals surface area contributed by atoms with Gasteiger partial charge in [-0.05, 0) is 171 Å². The lowest BCUT2D eigenvalue weighted by Gasteiger charge is -2.35. The molecule has 1 unspecified atom stereocenters. The minimum atomic E-state index is -0.500. The first-order chi connectivity index (χ1) is 55.9. The van der Waals surface area contributed by atoms with Gasteiger partial charge >= 0.3 is 0 Å². The number of benzene rings is 5. The number of likely N-dealkylation sites (tertiary alicyclic amines) is 2. The molecule has 5 heterocycles. The summed E-state index contributed by atoms with van der Waals surface area (Å²) in [5, 5.41) is 30.5. The van der Waals surface area contributed by atoms with Crippen molar-refractivity contribution in [2.24, 2.45) is 11.8 Å². The second-order valence-electron chi connectivity index (χ2n) is 30.7. The lowest BCUT2D eigenvalue weighted by molar-refractivity contribution is -0.139. The Balaban J connectivity index is 0.000000171. The molecule has 0 radical (unpaired) electrons. The number of nitrogens with zero attached hydrogens (tertiary/aromatic N) is 6. The fraction of sp³-hybridized carbons (Fsp3) is 0.511. The van der Waals surface area contributed by atoms with Gasteiger partial charge in [0.1, 0.15) is 46.7 Å². The van der Waals surface area contributed by atoms with Crippen LogP contribution in [-0.4, -0.2) is 189 Å². The van der Waals surface area contributed by atoms with E-state index in [-0.39, 0.29) is 95.5 Å². The van der Waals surface area contributed by atoms with Gasteiger partial charge in [-0.25, -0.2) is 14.4 Å². The van der Waals surface area contributed by atoms with Gasteiger partial charge in [0, 0.05) is 72.8 Å². The molecule has 27 heteroatoms. The summed E-state index contributed by atoms with van der Waals surface area (Å²) < 4.78 is 39.2. The average Bonchev–Trinajstić information content (AvgIpc) is 1.68. The molecule has 25 nitrogen and oxygen atoms in total. The molecule has 2 aliphatic heterocycles. The fourth-order valence-corrected chi connectivity index (χ4v) is 17.3. The number of ether oxygens (including phenoxy) is 4. The minimum Gasteiger partial charge on any atom is -0.496 e. The molecule has 4 fully saturated rings. The average molecular weight is 1600 g/mol. The predicted molar refractivity (Wildman–Crippen MR) is 449 cm³/mol. The summed E-state index contributed by atoms with van der Waals surface area (Å²) in [6.07, 6.45) is 20.5. The number of methoxy groups -OCH3 is 2. The first-order valence-electron chi connectivity index (χ1n) is 41.2. The topological polar surface area (TPSA) is 295 Å². The van der Waals surface area contributed by atoms with E-state index in [0.29, 0.717) is 70.6 Å². The number of hydrogen-bond donors (Lipinski definition) is 8. The summed E-state index contributed by atoms with van der Waals surface area (Å²) in [6.45, 7) is 10.2. The van der Waals surface area contributed by atoms with Crippen LogP contribution in [0.25, 0.3) is 44.3 Å². The molecule has 0 spiro atoms. The Hall–Kier alpha value is -9.48. The van der Waals surface area contributed by atoms with Crippen LogP contribution in [-0.2, 0) is 62.5 Å². The Morgan fingerprint density at radius 2 is 1.23 bits per heavy atom. The number of amides is 6. The van der Waals surface area contributed by atoms with Gasteiger partial charge in [0.25, 0.3) is 5.56 Å². The molecular weight excluding hydrogens is 1480 g/mol. The van der Waals surface area contributed by atoms with E-state index >= 15 is 0 Å². The van der Waals surface area contributed by atoms with E-state index in [4.69, 9.17) is 23.9 Å². The molecule has 618 valence electrons. The summed E-state index contributed by atoms with van der Waals surface area (Å²) in [4.78, 5) is 106. The third-order valence-electron chi connectivity index (χ3n) is 23.2. The van der Waals surface area contributed by atoms with E-state index < -0.39 is 23.7 Å². The molecule has 8 aromatic rings. The van der Waals surface area contributed by atoms with Gasteiger partial charge in [0.05, 0.1) is 93.4 Å². The van der Waals surface area contributed by atoms with Gasteiger partial charge in [-0.15, -0.1) is 11.3 Å². The first-order valence-corrected chi connectivity index (χ1v) is 42.0. The zero-order chi connectivity index (χ0) is 81.3. The molecule has 2 saturated heterocycles. The van der Waals surface area contributed by atoms with Crippen molar-refractivity contribution in [3.63, 3.8) is 0 Å². The summed E-state index contributed by atoms with van der Waals surface area (Å²) in [5.41, 5.74) is 6.29. The van der Waals surface area contributed by atoms with E-state index in [0.717, 1.165) is 151 Å². The number of rotatable bonds is 32. The number of carbonyl (C=O) groups excluding carboxylic acids is 6. The minimum absolute atomic E-state index is 0.0116. The maximum Gasteiger partial charge on any atom is 0.278 e. The highest BCUT2D eigenvalue weighted by atomic mass is 32.1. The molecule has 115 heavy (non-hydrogen) atoms. The number of likely N-dealkylation sites (N-methyl/N-ethyl adjacent to an activating group) is 3. The standard InChI is InChI=1S/C32H50FN5O5.C30H38N4O3S.C26H29N5O3/c1-23(34-2)31(39)36-30(24-8-5-4-6-9-24)32(40)38-13-7-10-26(38)21-35-28-22-37(29-20-25(33)11-12-27(28)29)14-15-42-18-19-43-17-16-41-3;1-19(31-2)28(35)33-27(20-10-5-4-6-11-20)30(36)34-17-9-14-25(34)29-32-24(18-38-29)22-15-16-26(37-3)23-13-8-7-12-21(22)23;1-17(27-2)25(33)30-22-15-28-24(19-10-4-3-5-11-19)31(26(22)34)16-23(32)29-21-14-8-12-18-9-6-7-13-20(18)21/h11-12,20,22-24,26,30,34-35H,4-10,13-19,21H2,1-3H3,(H,36,39);7-8,12-13,15-16,18-20,25,27,31H,4-6,9-11,14,17H2,1-3H3,(H,33,35);3-7,9-11,13,15,17,21,27H,8,12,14,16H2,1-2H3,(H,29,32)(H,30,33)/t23-,26-,30-;19-,25-,27-;17-,21?/m000/s1. The first kappa shape index (κ1) is 86.4. The number of thiazole rings is 1. The number of anilines is 2. The predicted octanol–water partition coefficient (Wildman–Crippen LogP) is 11.5. The lowest BCUT2D eigenvalue weighted by atomic mass is 9.83. The van der Waals surface area contributed by atoms with Gasteiger partial charge in [-0.1, -0.05) is 117 Å². The molecule has 6 amide bonds. The molecule has 5 aromatic carbocycles. The van der Waals surface area contributed by atoms with Gasteiger partial charge in [0.15, 0.2) is 0 Å². The van der Waals surface area contributed by atoms with Gasteiger partial charge in [0.2, 0.25) is 35.4 Å².